The van der Waals surface area contributed by atoms with Gasteiger partial charge in [-0.05, 0) is 39.3 Å². The molecule has 4 rings (SSSR count). The molecule has 0 saturated carbocycles. The van der Waals surface area contributed by atoms with Gasteiger partial charge < -0.3 is 14.0 Å². The van der Waals surface area contributed by atoms with Gasteiger partial charge in [-0.15, -0.1) is 0 Å². The van der Waals surface area contributed by atoms with Gasteiger partial charge >= 0.3 is 0 Å². The second kappa shape index (κ2) is 5.74. The van der Waals surface area contributed by atoms with Crippen LogP contribution in [0.15, 0.2) is 48.5 Å². The first-order chi connectivity index (χ1) is 12.7. The Kier molecular flexibility index (Phi) is 3.70. The quantitative estimate of drug-likeness (QED) is 0.487. The summed E-state index contributed by atoms with van der Waals surface area (Å²) in [5.41, 5.74) is 0.851. The highest BCUT2D eigenvalue weighted by Gasteiger charge is 2.48. The topological polar surface area (TPSA) is 66.5 Å². The van der Waals surface area contributed by atoms with Gasteiger partial charge in [0, 0.05) is 12.1 Å². The van der Waals surface area contributed by atoms with Crippen LogP contribution in [0, 0.1) is 10.1 Å². The highest BCUT2D eigenvalue weighted by molar-refractivity contribution is 5.92. The monoisotopic (exact) mass is 366 g/mol. The van der Waals surface area contributed by atoms with Gasteiger partial charge in [0.1, 0.15) is 11.2 Å². The van der Waals surface area contributed by atoms with Crippen molar-refractivity contribution in [3.63, 3.8) is 0 Å². The second-order valence-corrected chi connectivity index (χ2v) is 7.89. The molecule has 0 amide bonds. The summed E-state index contributed by atoms with van der Waals surface area (Å²) in [5, 5.41) is 12.0. The lowest BCUT2D eigenvalue weighted by Crippen LogP contribution is -2.56. The number of non-ortho nitro benzene ring substituents is 1. The Morgan fingerprint density at radius 3 is 2.33 bits per heavy atom. The summed E-state index contributed by atoms with van der Waals surface area (Å²) in [6, 6.07) is 14.9. The van der Waals surface area contributed by atoms with Crippen molar-refractivity contribution >= 4 is 16.6 Å². The molecule has 0 spiro atoms. The van der Waals surface area contributed by atoms with E-state index in [1.807, 2.05) is 62.6 Å². The molecule has 2 aromatic carbocycles. The second-order valence-electron chi connectivity index (χ2n) is 7.89. The number of hydrogen-bond acceptors (Lipinski definition) is 4. The molecule has 6 nitrogen and oxygen atoms in total. The van der Waals surface area contributed by atoms with Crippen LogP contribution in [-0.2, 0) is 6.54 Å². The highest BCUT2D eigenvalue weighted by Crippen LogP contribution is 2.49. The van der Waals surface area contributed by atoms with Gasteiger partial charge in [-0.2, -0.15) is 0 Å². The summed E-state index contributed by atoms with van der Waals surface area (Å²) in [7, 11) is 0. The van der Waals surface area contributed by atoms with E-state index < -0.39 is 11.2 Å². The van der Waals surface area contributed by atoms with Crippen molar-refractivity contribution in [2.24, 2.45) is 0 Å². The normalized spacial score (nSPS) is 17.0. The van der Waals surface area contributed by atoms with Crippen molar-refractivity contribution in [1.82, 2.24) is 4.57 Å². The molecule has 27 heavy (non-hydrogen) atoms. The average molecular weight is 366 g/mol. The predicted molar refractivity (Wildman–Crippen MR) is 104 cm³/mol. The van der Waals surface area contributed by atoms with E-state index in [9.17, 15) is 10.1 Å². The molecule has 1 aliphatic heterocycles. The van der Waals surface area contributed by atoms with Gasteiger partial charge in [0.25, 0.3) is 5.69 Å². The zero-order valence-electron chi connectivity index (χ0n) is 15.9. The summed E-state index contributed by atoms with van der Waals surface area (Å²) in [6.07, 6.45) is 0. The minimum absolute atomic E-state index is 0.0356. The molecule has 0 atom stereocenters. The fraction of sp³-hybridized carbons (Fsp3) is 0.333. The maximum atomic E-state index is 11.3. The molecule has 1 aromatic heterocycles. The lowest BCUT2D eigenvalue weighted by atomic mass is 9.88. The van der Waals surface area contributed by atoms with Gasteiger partial charge in [0.2, 0.25) is 5.88 Å². The smallest absolute Gasteiger partial charge is 0.270 e. The lowest BCUT2D eigenvalue weighted by Gasteiger charge is -2.45. The largest absolute Gasteiger partial charge is 0.477 e. The van der Waals surface area contributed by atoms with E-state index in [1.54, 1.807) is 12.1 Å². The molecule has 0 bridgehead atoms. The Labute approximate surface area is 157 Å². The molecule has 0 saturated heterocycles. The van der Waals surface area contributed by atoms with E-state index in [1.165, 1.54) is 6.07 Å². The van der Waals surface area contributed by atoms with Crippen LogP contribution in [0.4, 0.5) is 5.69 Å². The Bertz CT molecular complexity index is 1040. The number of rotatable bonds is 3. The molecule has 2 heterocycles. The molecular formula is C21H22N2O4. The fourth-order valence-electron chi connectivity index (χ4n) is 3.27. The first kappa shape index (κ1) is 17.4. The van der Waals surface area contributed by atoms with Crippen molar-refractivity contribution in [1.29, 1.82) is 0 Å². The SMILES string of the molecule is CC1(C)Oc2c(n(Cc3ccccc3)c3ccc([N+](=O)[O-])cc23)OC1(C)C. The Hall–Kier alpha value is -3.02. The number of aromatic nitrogens is 1. The van der Waals surface area contributed by atoms with Crippen molar-refractivity contribution in [3.05, 3.63) is 64.2 Å². The van der Waals surface area contributed by atoms with E-state index in [4.69, 9.17) is 9.47 Å². The van der Waals surface area contributed by atoms with Crippen LogP contribution in [-0.4, -0.2) is 20.7 Å². The van der Waals surface area contributed by atoms with Gasteiger partial charge in [0.15, 0.2) is 5.75 Å². The van der Waals surface area contributed by atoms with Crippen LogP contribution in [0.1, 0.15) is 33.3 Å². The Balaban J connectivity index is 1.96. The van der Waals surface area contributed by atoms with Crippen LogP contribution >= 0.6 is 0 Å². The van der Waals surface area contributed by atoms with E-state index in [0.29, 0.717) is 23.6 Å². The van der Waals surface area contributed by atoms with Crippen LogP contribution < -0.4 is 9.47 Å². The van der Waals surface area contributed by atoms with Gasteiger partial charge in [0.05, 0.1) is 22.4 Å². The van der Waals surface area contributed by atoms with Crippen molar-refractivity contribution < 1.29 is 14.4 Å². The first-order valence-corrected chi connectivity index (χ1v) is 8.92. The zero-order valence-corrected chi connectivity index (χ0v) is 15.9. The third-order valence-electron chi connectivity index (χ3n) is 5.51. The predicted octanol–water partition coefficient (Wildman–Crippen LogP) is 4.93. The summed E-state index contributed by atoms with van der Waals surface area (Å²) in [5.74, 6) is 1.17. The standard InChI is InChI=1S/C21H22N2O4/c1-20(2)21(3,4)27-19-18(26-20)16-12-15(23(24)25)10-11-17(16)22(19)13-14-8-6-5-7-9-14/h5-12H,13H2,1-4H3. The van der Waals surface area contributed by atoms with Crippen molar-refractivity contribution in [2.45, 2.75) is 45.4 Å². The highest BCUT2D eigenvalue weighted by atomic mass is 16.6. The molecule has 1 aliphatic rings. The number of nitro groups is 1. The zero-order chi connectivity index (χ0) is 19.4. The minimum Gasteiger partial charge on any atom is -0.477 e. The summed E-state index contributed by atoms with van der Waals surface area (Å²) in [6.45, 7) is 8.50. The number of fused-ring (bicyclic) bond motifs is 3. The van der Waals surface area contributed by atoms with Gasteiger partial charge in [-0.25, -0.2) is 0 Å². The van der Waals surface area contributed by atoms with Crippen molar-refractivity contribution in [2.75, 3.05) is 0 Å². The maximum absolute atomic E-state index is 11.3. The number of benzene rings is 2. The Morgan fingerprint density at radius 2 is 1.67 bits per heavy atom. The van der Waals surface area contributed by atoms with Crippen LogP contribution in [0.2, 0.25) is 0 Å². The third kappa shape index (κ3) is 2.72. The van der Waals surface area contributed by atoms with Gasteiger partial charge in [-0.1, -0.05) is 30.3 Å². The molecule has 0 aliphatic carbocycles. The van der Waals surface area contributed by atoms with E-state index in [2.05, 4.69) is 0 Å². The van der Waals surface area contributed by atoms with Crippen LogP contribution in [0.5, 0.6) is 11.6 Å². The lowest BCUT2D eigenvalue weighted by molar-refractivity contribution is -0.384. The molecule has 0 fully saturated rings. The van der Waals surface area contributed by atoms with Gasteiger partial charge in [-0.3, -0.25) is 10.1 Å². The molecule has 0 unspecified atom stereocenters. The maximum Gasteiger partial charge on any atom is 0.270 e. The third-order valence-corrected chi connectivity index (χ3v) is 5.51. The Morgan fingerprint density at radius 1 is 1.00 bits per heavy atom. The molecule has 3 aromatic rings. The van der Waals surface area contributed by atoms with Crippen LogP contribution in [0.3, 0.4) is 0 Å². The molecular weight excluding hydrogens is 344 g/mol. The summed E-state index contributed by atoms with van der Waals surface area (Å²) in [4.78, 5) is 10.9. The van der Waals surface area contributed by atoms with E-state index >= 15 is 0 Å². The summed E-state index contributed by atoms with van der Waals surface area (Å²) < 4.78 is 14.8. The van der Waals surface area contributed by atoms with Crippen LogP contribution in [0.25, 0.3) is 10.9 Å². The molecule has 6 heteroatoms. The number of hydrogen-bond donors (Lipinski definition) is 0. The molecule has 0 N–H and O–H groups in total. The number of ether oxygens (including phenoxy) is 2. The van der Waals surface area contributed by atoms with E-state index in [-0.39, 0.29) is 10.6 Å². The molecule has 140 valence electrons. The van der Waals surface area contributed by atoms with Crippen molar-refractivity contribution in [3.8, 4) is 11.6 Å². The number of nitro benzene ring substituents is 1. The average Bonchev–Trinajstić information content (AvgIpc) is 2.87. The minimum atomic E-state index is -0.587. The fourth-order valence-corrected chi connectivity index (χ4v) is 3.27. The first-order valence-electron chi connectivity index (χ1n) is 8.92. The van der Waals surface area contributed by atoms with E-state index in [0.717, 1.165) is 11.1 Å². The summed E-state index contributed by atoms with van der Waals surface area (Å²) >= 11 is 0. The number of nitrogens with zero attached hydrogens (tertiary/aromatic N) is 2. The molecule has 0 radical (unpaired) electrons.